The fourth-order valence-electron chi connectivity index (χ4n) is 1.81. The number of halogens is 2. The van der Waals surface area contributed by atoms with Gasteiger partial charge in [-0.3, -0.25) is 4.79 Å². The summed E-state index contributed by atoms with van der Waals surface area (Å²) in [7, 11) is 0. The van der Waals surface area contributed by atoms with Crippen LogP contribution in [0.2, 0.25) is 5.02 Å². The summed E-state index contributed by atoms with van der Waals surface area (Å²) < 4.78 is 0.741. The van der Waals surface area contributed by atoms with E-state index in [2.05, 4.69) is 28.2 Å². The summed E-state index contributed by atoms with van der Waals surface area (Å²) in [5, 5.41) is 3.55. The maximum absolute atomic E-state index is 12.1. The van der Waals surface area contributed by atoms with Crippen molar-refractivity contribution in [3.8, 4) is 0 Å². The van der Waals surface area contributed by atoms with Crippen LogP contribution < -0.4 is 5.32 Å². The largest absolute Gasteiger partial charge is 0.325 e. The van der Waals surface area contributed by atoms with E-state index in [9.17, 15) is 4.79 Å². The highest BCUT2D eigenvalue weighted by Crippen LogP contribution is 2.30. The van der Waals surface area contributed by atoms with Crippen LogP contribution in [0.5, 0.6) is 0 Å². The molecule has 2 nitrogen and oxygen atoms in total. The number of unbranched alkanes of at least 4 members (excludes halogenated alkanes) is 1. The Morgan fingerprint density at radius 3 is 2.78 bits per heavy atom. The standard InChI is InChI=1S/C14H19BrClNO/c1-3-5-7-10(4-2)14(18)17-12-9-6-8-11(16)13(12)15/h6,8-10H,3-5,7H2,1-2H3,(H,17,18). The Balaban J connectivity index is 2.70. The van der Waals surface area contributed by atoms with E-state index in [1.54, 1.807) is 6.07 Å². The lowest BCUT2D eigenvalue weighted by Crippen LogP contribution is -2.22. The van der Waals surface area contributed by atoms with Gasteiger partial charge < -0.3 is 5.32 Å². The second-order valence-corrected chi connectivity index (χ2v) is 5.54. The van der Waals surface area contributed by atoms with Crippen molar-refractivity contribution in [1.82, 2.24) is 0 Å². The van der Waals surface area contributed by atoms with Crippen molar-refractivity contribution in [3.63, 3.8) is 0 Å². The zero-order valence-electron chi connectivity index (χ0n) is 10.8. The predicted octanol–water partition coefficient (Wildman–Crippen LogP) is 5.26. The summed E-state index contributed by atoms with van der Waals surface area (Å²) >= 11 is 9.38. The van der Waals surface area contributed by atoms with Crippen LogP contribution in [0.3, 0.4) is 0 Å². The number of carbonyl (C=O) groups excluding carboxylic acids is 1. The van der Waals surface area contributed by atoms with Gasteiger partial charge in [-0.25, -0.2) is 0 Å². The minimum Gasteiger partial charge on any atom is -0.325 e. The molecule has 0 fully saturated rings. The molecule has 1 rings (SSSR count). The topological polar surface area (TPSA) is 29.1 Å². The van der Waals surface area contributed by atoms with Gasteiger partial charge in [0.2, 0.25) is 5.91 Å². The third kappa shape index (κ3) is 4.29. The summed E-state index contributed by atoms with van der Waals surface area (Å²) in [5.41, 5.74) is 0.738. The summed E-state index contributed by atoms with van der Waals surface area (Å²) in [6.07, 6.45) is 4.01. The lowest BCUT2D eigenvalue weighted by molar-refractivity contribution is -0.120. The normalized spacial score (nSPS) is 12.2. The molecule has 1 aromatic carbocycles. The zero-order chi connectivity index (χ0) is 13.5. The smallest absolute Gasteiger partial charge is 0.227 e. The molecule has 0 bridgehead atoms. The fraction of sp³-hybridized carbons (Fsp3) is 0.500. The minimum atomic E-state index is 0.0777. The van der Waals surface area contributed by atoms with E-state index in [0.717, 1.165) is 35.8 Å². The number of anilines is 1. The van der Waals surface area contributed by atoms with Crippen molar-refractivity contribution in [2.24, 2.45) is 5.92 Å². The highest BCUT2D eigenvalue weighted by molar-refractivity contribution is 9.10. The van der Waals surface area contributed by atoms with Crippen molar-refractivity contribution < 1.29 is 4.79 Å². The first kappa shape index (κ1) is 15.5. The molecule has 1 unspecified atom stereocenters. The molecular formula is C14H19BrClNO. The number of hydrogen-bond donors (Lipinski definition) is 1. The van der Waals surface area contributed by atoms with E-state index in [1.807, 2.05) is 19.1 Å². The second kappa shape index (κ2) is 7.80. The Hall–Kier alpha value is -0.540. The van der Waals surface area contributed by atoms with E-state index in [4.69, 9.17) is 11.6 Å². The SMILES string of the molecule is CCCCC(CC)C(=O)Nc1cccc(Cl)c1Br. The van der Waals surface area contributed by atoms with Gasteiger partial charge in [-0.1, -0.05) is 44.4 Å². The van der Waals surface area contributed by atoms with E-state index in [0.29, 0.717) is 5.02 Å². The molecule has 0 aliphatic heterocycles. The lowest BCUT2D eigenvalue weighted by atomic mass is 9.98. The summed E-state index contributed by atoms with van der Waals surface area (Å²) in [5.74, 6) is 0.157. The third-order valence-corrected chi connectivity index (χ3v) is 4.38. The van der Waals surface area contributed by atoms with Crippen LogP contribution in [0.4, 0.5) is 5.69 Å². The monoisotopic (exact) mass is 331 g/mol. The third-order valence-electron chi connectivity index (χ3n) is 2.98. The number of benzene rings is 1. The maximum Gasteiger partial charge on any atom is 0.227 e. The molecule has 0 aromatic heterocycles. The van der Waals surface area contributed by atoms with Gasteiger partial charge in [0.15, 0.2) is 0 Å². The lowest BCUT2D eigenvalue weighted by Gasteiger charge is -2.15. The number of amides is 1. The van der Waals surface area contributed by atoms with Gasteiger partial charge in [0.1, 0.15) is 0 Å². The average molecular weight is 333 g/mol. The quantitative estimate of drug-likeness (QED) is 0.756. The van der Waals surface area contributed by atoms with E-state index in [-0.39, 0.29) is 11.8 Å². The Bertz CT molecular complexity index is 409. The van der Waals surface area contributed by atoms with Crippen molar-refractivity contribution in [3.05, 3.63) is 27.7 Å². The molecule has 4 heteroatoms. The first-order valence-electron chi connectivity index (χ1n) is 6.35. The number of nitrogens with one attached hydrogen (secondary N) is 1. The van der Waals surface area contributed by atoms with Gasteiger partial charge in [-0.2, -0.15) is 0 Å². The molecule has 0 spiro atoms. The molecule has 0 aliphatic carbocycles. The van der Waals surface area contributed by atoms with Crippen LogP contribution in [-0.4, -0.2) is 5.91 Å². The van der Waals surface area contributed by atoms with Gasteiger partial charge in [0.05, 0.1) is 15.2 Å². The Morgan fingerprint density at radius 1 is 1.44 bits per heavy atom. The van der Waals surface area contributed by atoms with Crippen LogP contribution >= 0.6 is 27.5 Å². The minimum absolute atomic E-state index is 0.0777. The molecule has 1 atom stereocenters. The van der Waals surface area contributed by atoms with Gasteiger partial charge >= 0.3 is 0 Å². The molecule has 0 saturated carbocycles. The molecule has 1 N–H and O–H groups in total. The molecule has 18 heavy (non-hydrogen) atoms. The Morgan fingerprint density at radius 2 is 2.17 bits per heavy atom. The van der Waals surface area contributed by atoms with Crippen LogP contribution in [0, 0.1) is 5.92 Å². The average Bonchev–Trinajstić information content (AvgIpc) is 2.36. The molecule has 1 amide bonds. The Labute approximate surface area is 122 Å². The first-order chi connectivity index (χ1) is 8.60. The highest BCUT2D eigenvalue weighted by atomic mass is 79.9. The zero-order valence-corrected chi connectivity index (χ0v) is 13.1. The second-order valence-electron chi connectivity index (χ2n) is 4.34. The first-order valence-corrected chi connectivity index (χ1v) is 7.52. The summed E-state index contributed by atoms with van der Waals surface area (Å²) in [4.78, 5) is 12.1. The number of hydrogen-bond acceptors (Lipinski definition) is 1. The predicted molar refractivity (Wildman–Crippen MR) is 81.1 cm³/mol. The molecule has 100 valence electrons. The Kier molecular flexibility index (Phi) is 6.72. The van der Waals surface area contributed by atoms with E-state index < -0.39 is 0 Å². The number of carbonyl (C=O) groups is 1. The highest BCUT2D eigenvalue weighted by Gasteiger charge is 2.17. The van der Waals surface area contributed by atoms with Crippen LogP contribution in [0.15, 0.2) is 22.7 Å². The molecule has 1 aromatic rings. The maximum atomic E-state index is 12.1. The molecule has 0 radical (unpaired) electrons. The van der Waals surface area contributed by atoms with Crippen LogP contribution in [0.25, 0.3) is 0 Å². The van der Waals surface area contributed by atoms with Crippen LogP contribution in [0.1, 0.15) is 39.5 Å². The molecule has 0 aliphatic rings. The van der Waals surface area contributed by atoms with Gasteiger partial charge in [-0.15, -0.1) is 0 Å². The van der Waals surface area contributed by atoms with E-state index in [1.165, 1.54) is 0 Å². The summed E-state index contributed by atoms with van der Waals surface area (Å²) in [6, 6.07) is 5.46. The fourth-order valence-corrected chi connectivity index (χ4v) is 2.34. The van der Waals surface area contributed by atoms with Gasteiger partial charge in [-0.05, 0) is 40.9 Å². The van der Waals surface area contributed by atoms with Crippen molar-refractivity contribution in [2.75, 3.05) is 5.32 Å². The van der Waals surface area contributed by atoms with Crippen molar-refractivity contribution in [1.29, 1.82) is 0 Å². The van der Waals surface area contributed by atoms with Crippen LogP contribution in [-0.2, 0) is 4.79 Å². The van der Waals surface area contributed by atoms with Gasteiger partial charge in [0.25, 0.3) is 0 Å². The van der Waals surface area contributed by atoms with Crippen molar-refractivity contribution >= 4 is 39.1 Å². The van der Waals surface area contributed by atoms with E-state index >= 15 is 0 Å². The number of rotatable bonds is 6. The molecular weight excluding hydrogens is 314 g/mol. The molecule has 0 saturated heterocycles. The summed E-state index contributed by atoms with van der Waals surface area (Å²) in [6.45, 7) is 4.19. The van der Waals surface area contributed by atoms with Gasteiger partial charge in [0, 0.05) is 5.92 Å². The molecule has 0 heterocycles. The van der Waals surface area contributed by atoms with Crippen molar-refractivity contribution in [2.45, 2.75) is 39.5 Å².